The maximum atomic E-state index is 10.5. The summed E-state index contributed by atoms with van der Waals surface area (Å²) in [6.45, 7) is 11.8. The fourth-order valence-electron chi connectivity index (χ4n) is 1.99. The van der Waals surface area contributed by atoms with E-state index in [4.69, 9.17) is 4.43 Å². The summed E-state index contributed by atoms with van der Waals surface area (Å²) in [5, 5.41) is 10.2. The van der Waals surface area contributed by atoms with Gasteiger partial charge in [0.25, 0.3) is 0 Å². The zero-order valence-corrected chi connectivity index (χ0v) is 14.1. The molecule has 0 heterocycles. The second-order valence-electron chi connectivity index (χ2n) is 7.42. The monoisotopic (exact) mass is 286 g/mol. The molecule has 1 saturated carbocycles. The third-order valence-electron chi connectivity index (χ3n) is 4.74. The molecule has 1 rings (SSSR count). The Morgan fingerprint density at radius 1 is 1.37 bits per heavy atom. The number of hydrogen-bond acceptors (Lipinski definition) is 3. The average molecular weight is 286 g/mol. The Bertz CT molecular complexity index is 296. The van der Waals surface area contributed by atoms with Crippen molar-refractivity contribution >= 4 is 14.6 Å². The lowest BCUT2D eigenvalue weighted by atomic mass is 10.1. The van der Waals surface area contributed by atoms with Crippen LogP contribution in [0.2, 0.25) is 18.1 Å². The molecule has 3 atom stereocenters. The number of aliphatic hydroxyl groups excluding tert-OH is 1. The third kappa shape index (κ3) is 5.36. The zero-order valence-electron chi connectivity index (χ0n) is 13.1. The molecule has 0 aromatic heterocycles. The van der Waals surface area contributed by atoms with Gasteiger partial charge in [-0.3, -0.25) is 0 Å². The molecular formula is C15H30O3Si. The van der Waals surface area contributed by atoms with Crippen molar-refractivity contribution in [3.63, 3.8) is 0 Å². The van der Waals surface area contributed by atoms with Crippen molar-refractivity contribution in [2.75, 3.05) is 6.61 Å². The fraction of sp³-hybridized carbons (Fsp3) is 0.933. The van der Waals surface area contributed by atoms with Crippen LogP contribution in [0, 0.1) is 11.8 Å². The van der Waals surface area contributed by atoms with Crippen LogP contribution >= 0.6 is 0 Å². The summed E-state index contributed by atoms with van der Waals surface area (Å²) < 4.78 is 6.05. The molecule has 112 valence electrons. The van der Waals surface area contributed by atoms with Crippen LogP contribution in [0.15, 0.2) is 0 Å². The standard InChI is InChI=1S/C15H30O3Si/c1-15(2,3)19(4,5)18-9-8-14(17)7-6-12-10-13(12)11-16/h11-14,17H,6-10H2,1-5H3/t12-,13+,14-/m0/s1. The van der Waals surface area contributed by atoms with Crippen molar-refractivity contribution in [2.24, 2.45) is 11.8 Å². The number of aliphatic hydroxyl groups is 1. The van der Waals surface area contributed by atoms with Crippen LogP contribution in [-0.2, 0) is 9.22 Å². The Kier molecular flexibility index (Phi) is 5.77. The van der Waals surface area contributed by atoms with Crippen molar-refractivity contribution in [1.82, 2.24) is 0 Å². The van der Waals surface area contributed by atoms with Crippen LogP contribution in [0.5, 0.6) is 0 Å². The van der Waals surface area contributed by atoms with Gasteiger partial charge in [0.15, 0.2) is 8.32 Å². The Hall–Kier alpha value is -0.193. The fourth-order valence-corrected chi connectivity index (χ4v) is 3.05. The van der Waals surface area contributed by atoms with Gasteiger partial charge in [-0.05, 0) is 49.7 Å². The van der Waals surface area contributed by atoms with Gasteiger partial charge in [-0.2, -0.15) is 0 Å². The first-order valence-electron chi connectivity index (χ1n) is 7.44. The van der Waals surface area contributed by atoms with E-state index in [0.29, 0.717) is 18.9 Å². The van der Waals surface area contributed by atoms with Gasteiger partial charge in [0.2, 0.25) is 0 Å². The average Bonchev–Trinajstić information content (AvgIpc) is 3.03. The lowest BCUT2D eigenvalue weighted by Gasteiger charge is -2.36. The number of carbonyl (C=O) groups is 1. The van der Waals surface area contributed by atoms with Gasteiger partial charge in [-0.15, -0.1) is 0 Å². The van der Waals surface area contributed by atoms with Crippen LogP contribution in [0.25, 0.3) is 0 Å². The molecule has 19 heavy (non-hydrogen) atoms. The minimum atomic E-state index is -1.68. The lowest BCUT2D eigenvalue weighted by Crippen LogP contribution is -2.41. The maximum Gasteiger partial charge on any atom is 0.191 e. The second-order valence-corrected chi connectivity index (χ2v) is 12.2. The molecule has 0 radical (unpaired) electrons. The van der Waals surface area contributed by atoms with Crippen LogP contribution in [0.4, 0.5) is 0 Å². The minimum absolute atomic E-state index is 0.225. The first-order valence-corrected chi connectivity index (χ1v) is 10.4. The molecule has 0 unspecified atom stereocenters. The highest BCUT2D eigenvalue weighted by Gasteiger charge is 2.37. The molecule has 0 bridgehead atoms. The Morgan fingerprint density at radius 3 is 2.47 bits per heavy atom. The molecule has 4 heteroatoms. The SMILES string of the molecule is CC(C)(C)[Si](C)(C)OCC[C@@H](O)CC[C@H]1C[C@@H]1C=O. The second kappa shape index (κ2) is 6.51. The van der Waals surface area contributed by atoms with Crippen molar-refractivity contribution in [2.45, 2.75) is 70.7 Å². The summed E-state index contributed by atoms with van der Waals surface area (Å²) in [6.07, 6.45) is 4.29. The van der Waals surface area contributed by atoms with Crippen LogP contribution in [0.1, 0.15) is 46.5 Å². The topological polar surface area (TPSA) is 46.5 Å². The predicted octanol–water partition coefficient (Wildman–Crippen LogP) is 3.37. The maximum absolute atomic E-state index is 10.5. The Labute approximate surface area is 118 Å². The largest absolute Gasteiger partial charge is 0.417 e. The van der Waals surface area contributed by atoms with Crippen molar-refractivity contribution in [3.8, 4) is 0 Å². The predicted molar refractivity (Wildman–Crippen MR) is 80.7 cm³/mol. The quantitative estimate of drug-likeness (QED) is 0.549. The summed E-state index contributed by atoms with van der Waals surface area (Å²) in [5.74, 6) is 0.809. The molecule has 0 spiro atoms. The van der Waals surface area contributed by atoms with Gasteiger partial charge in [0, 0.05) is 12.5 Å². The molecule has 0 aromatic rings. The van der Waals surface area contributed by atoms with Crippen LogP contribution < -0.4 is 0 Å². The number of rotatable bonds is 8. The molecular weight excluding hydrogens is 256 g/mol. The highest BCUT2D eigenvalue weighted by Crippen LogP contribution is 2.40. The molecule has 1 aliphatic rings. The lowest BCUT2D eigenvalue weighted by molar-refractivity contribution is -0.109. The number of carbonyl (C=O) groups excluding carboxylic acids is 1. The van der Waals surface area contributed by atoms with E-state index in [-0.39, 0.29) is 17.1 Å². The van der Waals surface area contributed by atoms with Gasteiger partial charge in [0.05, 0.1) is 6.10 Å². The van der Waals surface area contributed by atoms with Crippen molar-refractivity contribution < 1.29 is 14.3 Å². The van der Waals surface area contributed by atoms with Crippen molar-refractivity contribution in [3.05, 3.63) is 0 Å². The third-order valence-corrected chi connectivity index (χ3v) is 9.28. The molecule has 0 saturated heterocycles. The summed E-state index contributed by atoms with van der Waals surface area (Å²) in [6, 6.07) is 0. The van der Waals surface area contributed by atoms with Gasteiger partial charge in [-0.1, -0.05) is 20.8 Å². The van der Waals surface area contributed by atoms with Gasteiger partial charge in [0.1, 0.15) is 6.29 Å². The van der Waals surface area contributed by atoms with E-state index in [9.17, 15) is 9.90 Å². The molecule has 1 N–H and O–H groups in total. The Balaban J connectivity index is 2.13. The zero-order chi connectivity index (χ0) is 14.7. The van der Waals surface area contributed by atoms with Gasteiger partial charge in [-0.25, -0.2) is 0 Å². The Morgan fingerprint density at radius 2 is 2.00 bits per heavy atom. The molecule has 0 aromatic carbocycles. The summed E-state index contributed by atoms with van der Waals surface area (Å²) in [5.41, 5.74) is 0. The minimum Gasteiger partial charge on any atom is -0.417 e. The van der Waals surface area contributed by atoms with E-state index >= 15 is 0 Å². The first-order chi connectivity index (χ1) is 8.67. The highest BCUT2D eigenvalue weighted by molar-refractivity contribution is 6.74. The highest BCUT2D eigenvalue weighted by atomic mass is 28.4. The first kappa shape index (κ1) is 16.9. The van der Waals surface area contributed by atoms with E-state index in [0.717, 1.165) is 25.5 Å². The van der Waals surface area contributed by atoms with E-state index in [2.05, 4.69) is 33.9 Å². The molecule has 1 fully saturated rings. The smallest absolute Gasteiger partial charge is 0.191 e. The van der Waals surface area contributed by atoms with E-state index in [1.165, 1.54) is 0 Å². The summed E-state index contributed by atoms with van der Waals surface area (Å²) >= 11 is 0. The van der Waals surface area contributed by atoms with Crippen LogP contribution in [0.3, 0.4) is 0 Å². The van der Waals surface area contributed by atoms with E-state index in [1.807, 2.05) is 0 Å². The molecule has 3 nitrogen and oxygen atoms in total. The number of hydrogen-bond donors (Lipinski definition) is 1. The molecule has 0 aliphatic heterocycles. The van der Waals surface area contributed by atoms with Crippen LogP contribution in [-0.4, -0.2) is 32.4 Å². The van der Waals surface area contributed by atoms with E-state index in [1.54, 1.807) is 0 Å². The summed E-state index contributed by atoms with van der Waals surface area (Å²) in [4.78, 5) is 10.5. The van der Waals surface area contributed by atoms with E-state index < -0.39 is 8.32 Å². The molecule has 0 amide bonds. The van der Waals surface area contributed by atoms with Crippen molar-refractivity contribution in [1.29, 1.82) is 0 Å². The van der Waals surface area contributed by atoms with Gasteiger partial charge < -0.3 is 14.3 Å². The van der Waals surface area contributed by atoms with Gasteiger partial charge >= 0.3 is 0 Å². The normalized spacial score (nSPS) is 25.2. The summed E-state index contributed by atoms with van der Waals surface area (Å²) in [7, 11) is -1.68. The number of aldehydes is 1. The molecule has 1 aliphatic carbocycles.